The zero-order valence-corrected chi connectivity index (χ0v) is 11.4. The number of anilines is 1. The molecule has 0 saturated carbocycles. The number of aryl methyl sites for hydroxylation is 1. The number of hydrogen-bond donors (Lipinski definition) is 1. The van der Waals surface area contributed by atoms with Gasteiger partial charge in [-0.1, -0.05) is 23.2 Å². The van der Waals surface area contributed by atoms with Crippen molar-refractivity contribution in [3.63, 3.8) is 0 Å². The Labute approximate surface area is 117 Å². The van der Waals surface area contributed by atoms with Crippen LogP contribution in [0.1, 0.15) is 5.56 Å². The minimum Gasteiger partial charge on any atom is -0.294 e. The van der Waals surface area contributed by atoms with Crippen LogP contribution in [-0.2, 0) is 7.05 Å². The van der Waals surface area contributed by atoms with Crippen LogP contribution in [0, 0.1) is 11.3 Å². The highest BCUT2D eigenvalue weighted by Gasteiger charge is 2.11. The van der Waals surface area contributed by atoms with Gasteiger partial charge in [-0.2, -0.15) is 20.3 Å². The number of nitriles is 1. The number of nitrogens with one attached hydrogen (secondary N) is 1. The van der Waals surface area contributed by atoms with Gasteiger partial charge in [-0.3, -0.25) is 9.40 Å². The molecule has 0 aliphatic carbocycles. The summed E-state index contributed by atoms with van der Waals surface area (Å²) in [5.74, 6) is 0.234. The average Bonchev–Trinajstić information content (AvgIpc) is 2.72. The van der Waals surface area contributed by atoms with E-state index in [9.17, 15) is 0 Å². The topological polar surface area (TPSA) is 79.4 Å². The Morgan fingerprint density at radius 2 is 2.06 bits per heavy atom. The van der Waals surface area contributed by atoms with Gasteiger partial charge in [0.2, 0.25) is 5.95 Å². The summed E-state index contributed by atoms with van der Waals surface area (Å²) >= 11 is 12.9. The molecule has 2 rings (SSSR count). The SMILES string of the molecule is Cn1cc(SNc2nc(Cl)c(C#N)c(Cl)n2)cn1. The fourth-order valence-corrected chi connectivity index (χ4v) is 2.18. The molecule has 2 aromatic rings. The van der Waals surface area contributed by atoms with E-state index >= 15 is 0 Å². The molecule has 0 saturated heterocycles. The number of rotatable bonds is 3. The number of aromatic nitrogens is 4. The van der Waals surface area contributed by atoms with E-state index in [1.807, 2.05) is 19.3 Å². The second-order valence-corrected chi connectivity index (χ2v) is 4.77. The number of halogens is 2. The summed E-state index contributed by atoms with van der Waals surface area (Å²) in [5.41, 5.74) is 0.0651. The van der Waals surface area contributed by atoms with E-state index in [0.717, 1.165) is 4.90 Å². The van der Waals surface area contributed by atoms with Crippen LogP contribution in [0.2, 0.25) is 10.3 Å². The molecule has 2 heterocycles. The van der Waals surface area contributed by atoms with Crippen LogP contribution in [0.25, 0.3) is 0 Å². The second-order valence-electron chi connectivity index (χ2n) is 3.17. The molecule has 0 aromatic carbocycles. The van der Waals surface area contributed by atoms with E-state index < -0.39 is 0 Å². The molecule has 2 aromatic heterocycles. The van der Waals surface area contributed by atoms with E-state index in [1.54, 1.807) is 10.9 Å². The van der Waals surface area contributed by atoms with Gasteiger partial charge in [0.1, 0.15) is 11.6 Å². The maximum Gasteiger partial charge on any atom is 0.236 e. The molecule has 0 unspecified atom stereocenters. The van der Waals surface area contributed by atoms with Crippen LogP contribution in [0.5, 0.6) is 0 Å². The average molecular weight is 301 g/mol. The summed E-state index contributed by atoms with van der Waals surface area (Å²) in [4.78, 5) is 8.72. The van der Waals surface area contributed by atoms with Crippen LogP contribution < -0.4 is 4.72 Å². The molecule has 92 valence electrons. The van der Waals surface area contributed by atoms with Crippen LogP contribution in [-0.4, -0.2) is 19.7 Å². The van der Waals surface area contributed by atoms with Gasteiger partial charge in [0, 0.05) is 13.2 Å². The van der Waals surface area contributed by atoms with Crippen molar-refractivity contribution in [3.05, 3.63) is 28.3 Å². The molecule has 0 amide bonds. The van der Waals surface area contributed by atoms with E-state index in [-0.39, 0.29) is 21.8 Å². The molecule has 0 radical (unpaired) electrons. The van der Waals surface area contributed by atoms with Crippen molar-refractivity contribution in [1.82, 2.24) is 19.7 Å². The fourth-order valence-electron chi connectivity index (χ4n) is 1.10. The van der Waals surface area contributed by atoms with Crippen molar-refractivity contribution < 1.29 is 0 Å². The largest absolute Gasteiger partial charge is 0.294 e. The van der Waals surface area contributed by atoms with Gasteiger partial charge in [0.15, 0.2) is 10.3 Å². The first-order valence-corrected chi connectivity index (χ1v) is 6.22. The zero-order valence-electron chi connectivity index (χ0n) is 9.05. The molecule has 0 bridgehead atoms. The molecule has 18 heavy (non-hydrogen) atoms. The van der Waals surface area contributed by atoms with Gasteiger partial charge < -0.3 is 0 Å². The Kier molecular flexibility index (Phi) is 3.91. The Bertz CT molecular complexity index is 597. The van der Waals surface area contributed by atoms with Gasteiger partial charge in [-0.15, -0.1) is 0 Å². The first kappa shape index (κ1) is 13.0. The van der Waals surface area contributed by atoms with Crippen LogP contribution >= 0.6 is 35.1 Å². The summed E-state index contributed by atoms with van der Waals surface area (Å²) in [6.45, 7) is 0. The third kappa shape index (κ3) is 2.85. The third-order valence-electron chi connectivity index (χ3n) is 1.87. The molecule has 0 aliphatic heterocycles. The number of nitrogens with zero attached hydrogens (tertiary/aromatic N) is 5. The summed E-state index contributed by atoms with van der Waals surface area (Å²) < 4.78 is 4.54. The van der Waals surface area contributed by atoms with Gasteiger partial charge in [-0.05, 0) is 11.9 Å². The Hall–Kier alpha value is -1.49. The predicted octanol–water partition coefficient (Wildman–Crippen LogP) is 2.51. The molecule has 0 spiro atoms. The van der Waals surface area contributed by atoms with Crippen molar-refractivity contribution in [3.8, 4) is 6.07 Å². The second kappa shape index (κ2) is 5.44. The van der Waals surface area contributed by atoms with Crippen LogP contribution in [0.15, 0.2) is 17.3 Å². The highest BCUT2D eigenvalue weighted by Crippen LogP contribution is 2.24. The Balaban J connectivity index is 2.13. The van der Waals surface area contributed by atoms with Gasteiger partial charge >= 0.3 is 0 Å². The Morgan fingerprint density at radius 1 is 1.39 bits per heavy atom. The lowest BCUT2D eigenvalue weighted by atomic mass is 10.4. The zero-order chi connectivity index (χ0) is 13.1. The molecule has 0 fully saturated rings. The van der Waals surface area contributed by atoms with Crippen molar-refractivity contribution in [2.45, 2.75) is 4.90 Å². The van der Waals surface area contributed by atoms with E-state index in [2.05, 4.69) is 19.8 Å². The highest BCUT2D eigenvalue weighted by molar-refractivity contribution is 8.00. The van der Waals surface area contributed by atoms with Gasteiger partial charge in [-0.25, -0.2) is 0 Å². The van der Waals surface area contributed by atoms with Crippen molar-refractivity contribution >= 4 is 41.1 Å². The minimum atomic E-state index is 0.0202. The first-order valence-electron chi connectivity index (χ1n) is 4.65. The van der Waals surface area contributed by atoms with E-state index in [4.69, 9.17) is 28.5 Å². The van der Waals surface area contributed by atoms with Crippen LogP contribution in [0.3, 0.4) is 0 Å². The molecule has 9 heteroatoms. The van der Waals surface area contributed by atoms with Gasteiger partial charge in [0.25, 0.3) is 0 Å². The van der Waals surface area contributed by atoms with Crippen molar-refractivity contribution in [1.29, 1.82) is 5.26 Å². The predicted molar refractivity (Wildman–Crippen MR) is 69.5 cm³/mol. The summed E-state index contributed by atoms with van der Waals surface area (Å²) in [5, 5.41) is 12.8. The van der Waals surface area contributed by atoms with Gasteiger partial charge in [0.05, 0.1) is 11.1 Å². The Morgan fingerprint density at radius 3 is 2.56 bits per heavy atom. The fraction of sp³-hybridized carbons (Fsp3) is 0.111. The maximum absolute atomic E-state index is 8.77. The first-order chi connectivity index (χ1) is 8.60. The monoisotopic (exact) mass is 300 g/mol. The molecular weight excluding hydrogens is 295 g/mol. The smallest absolute Gasteiger partial charge is 0.236 e. The third-order valence-corrected chi connectivity index (χ3v) is 3.15. The normalized spacial score (nSPS) is 10.1. The lowest BCUT2D eigenvalue weighted by Gasteiger charge is -2.04. The quantitative estimate of drug-likeness (QED) is 0.693. The summed E-state index contributed by atoms with van der Waals surface area (Å²) in [7, 11) is 1.82. The molecule has 0 aliphatic rings. The van der Waals surface area contributed by atoms with E-state index in [0.29, 0.717) is 0 Å². The lowest BCUT2D eigenvalue weighted by molar-refractivity contribution is 0.766. The number of hydrogen-bond acceptors (Lipinski definition) is 6. The highest BCUT2D eigenvalue weighted by atomic mass is 35.5. The van der Waals surface area contributed by atoms with E-state index in [1.165, 1.54) is 11.9 Å². The van der Waals surface area contributed by atoms with Crippen molar-refractivity contribution in [2.75, 3.05) is 4.72 Å². The van der Waals surface area contributed by atoms with Crippen molar-refractivity contribution in [2.24, 2.45) is 7.05 Å². The standard InChI is InChI=1S/C9H6Cl2N6S/c1-17-4-5(3-13-17)18-16-9-14-7(10)6(2-12)8(11)15-9/h3-4H,1H3,(H,14,15,16). The summed E-state index contributed by atoms with van der Waals surface area (Å²) in [6, 6.07) is 1.83. The molecule has 6 nitrogen and oxygen atoms in total. The summed E-state index contributed by atoms with van der Waals surface area (Å²) in [6.07, 6.45) is 3.51. The lowest BCUT2D eigenvalue weighted by Crippen LogP contribution is -1.97. The van der Waals surface area contributed by atoms with Crippen LogP contribution in [0.4, 0.5) is 5.95 Å². The molecule has 1 N–H and O–H groups in total. The minimum absolute atomic E-state index is 0.0202. The maximum atomic E-state index is 8.77. The molecule has 0 atom stereocenters. The molecular formula is C9H6Cl2N6S.